The lowest BCUT2D eigenvalue weighted by Crippen LogP contribution is -2.40. The van der Waals surface area contributed by atoms with E-state index in [4.69, 9.17) is 0 Å². The van der Waals surface area contributed by atoms with Crippen molar-refractivity contribution in [2.45, 2.75) is 52.1 Å². The van der Waals surface area contributed by atoms with E-state index in [2.05, 4.69) is 41.8 Å². The molecular formula is C14H25N3. The summed E-state index contributed by atoms with van der Waals surface area (Å²) in [6.07, 6.45) is 9.65. The third-order valence-corrected chi connectivity index (χ3v) is 4.08. The van der Waals surface area contributed by atoms with Crippen LogP contribution in [0.15, 0.2) is 12.4 Å². The second-order valence-electron chi connectivity index (χ2n) is 5.59. The minimum Gasteiger partial charge on any atom is -0.301 e. The van der Waals surface area contributed by atoms with Crippen molar-refractivity contribution in [1.29, 1.82) is 0 Å². The Morgan fingerprint density at radius 1 is 1.41 bits per heavy atom. The molecule has 0 aliphatic heterocycles. The van der Waals surface area contributed by atoms with Gasteiger partial charge in [-0.05, 0) is 38.3 Å². The lowest BCUT2D eigenvalue weighted by molar-refractivity contribution is 0.134. The molecule has 0 radical (unpaired) electrons. The van der Waals surface area contributed by atoms with Crippen molar-refractivity contribution in [3.8, 4) is 0 Å². The largest absolute Gasteiger partial charge is 0.301 e. The van der Waals surface area contributed by atoms with Crippen LogP contribution < -0.4 is 0 Å². The van der Waals surface area contributed by atoms with Crippen LogP contribution in [-0.4, -0.2) is 34.3 Å². The summed E-state index contributed by atoms with van der Waals surface area (Å²) in [7, 11) is 2.27. The van der Waals surface area contributed by atoms with Crippen molar-refractivity contribution in [3.63, 3.8) is 0 Å². The standard InChI is InChI=1S/C14H25N3/c1-12-10-15-17(11-12)9-8-16(3)14-7-5-4-6-13(14)2/h10-11,13-14H,4-9H2,1-3H3/t13-,14-/m1/s1. The van der Waals surface area contributed by atoms with Gasteiger partial charge in [0.1, 0.15) is 0 Å². The highest BCUT2D eigenvalue weighted by molar-refractivity contribution is 4.99. The average Bonchev–Trinajstić information content (AvgIpc) is 2.73. The number of hydrogen-bond acceptors (Lipinski definition) is 2. The number of rotatable bonds is 4. The topological polar surface area (TPSA) is 21.1 Å². The van der Waals surface area contributed by atoms with Gasteiger partial charge < -0.3 is 4.90 Å². The minimum absolute atomic E-state index is 0.778. The predicted octanol–water partition coefficient (Wildman–Crippen LogP) is 2.70. The third kappa shape index (κ3) is 3.32. The Hall–Kier alpha value is -0.830. The Morgan fingerprint density at radius 2 is 2.18 bits per heavy atom. The van der Waals surface area contributed by atoms with Crippen LogP contribution in [0, 0.1) is 12.8 Å². The molecule has 1 saturated carbocycles. The molecule has 0 amide bonds. The predicted molar refractivity (Wildman–Crippen MR) is 71.0 cm³/mol. The molecule has 0 unspecified atom stereocenters. The molecule has 17 heavy (non-hydrogen) atoms. The molecule has 1 aliphatic carbocycles. The molecule has 2 rings (SSSR count). The summed E-state index contributed by atoms with van der Waals surface area (Å²) in [5, 5.41) is 4.34. The van der Waals surface area contributed by atoms with Crippen LogP contribution in [0.2, 0.25) is 0 Å². The molecule has 96 valence electrons. The molecule has 0 saturated heterocycles. The van der Waals surface area contributed by atoms with Crippen LogP contribution in [0.5, 0.6) is 0 Å². The van der Waals surface area contributed by atoms with E-state index in [9.17, 15) is 0 Å². The van der Waals surface area contributed by atoms with E-state index in [0.29, 0.717) is 0 Å². The molecule has 1 fully saturated rings. The number of hydrogen-bond donors (Lipinski definition) is 0. The molecule has 1 heterocycles. The zero-order chi connectivity index (χ0) is 12.3. The molecule has 3 nitrogen and oxygen atoms in total. The summed E-state index contributed by atoms with van der Waals surface area (Å²) in [5.74, 6) is 0.855. The molecule has 0 bridgehead atoms. The summed E-state index contributed by atoms with van der Waals surface area (Å²) in [6, 6.07) is 0.778. The first-order chi connectivity index (χ1) is 8.16. The maximum absolute atomic E-state index is 4.34. The fraction of sp³-hybridized carbons (Fsp3) is 0.786. The first-order valence-electron chi connectivity index (χ1n) is 6.86. The minimum atomic E-state index is 0.778. The summed E-state index contributed by atoms with van der Waals surface area (Å²) >= 11 is 0. The van der Waals surface area contributed by atoms with Gasteiger partial charge in [-0.2, -0.15) is 5.10 Å². The molecule has 0 aromatic carbocycles. The van der Waals surface area contributed by atoms with Gasteiger partial charge in [0.25, 0.3) is 0 Å². The van der Waals surface area contributed by atoms with Gasteiger partial charge in [-0.3, -0.25) is 4.68 Å². The maximum atomic E-state index is 4.34. The van der Waals surface area contributed by atoms with Crippen LogP contribution in [0.3, 0.4) is 0 Å². The van der Waals surface area contributed by atoms with Crippen LogP contribution in [0.25, 0.3) is 0 Å². The molecule has 1 aliphatic rings. The van der Waals surface area contributed by atoms with E-state index >= 15 is 0 Å². The fourth-order valence-electron chi connectivity index (χ4n) is 2.97. The van der Waals surface area contributed by atoms with Gasteiger partial charge in [0.05, 0.1) is 12.7 Å². The van der Waals surface area contributed by atoms with Crippen molar-refractivity contribution < 1.29 is 0 Å². The third-order valence-electron chi connectivity index (χ3n) is 4.08. The number of aryl methyl sites for hydroxylation is 1. The number of aromatic nitrogens is 2. The van der Waals surface area contributed by atoms with E-state index in [-0.39, 0.29) is 0 Å². The van der Waals surface area contributed by atoms with Crippen LogP contribution in [0.1, 0.15) is 38.2 Å². The highest BCUT2D eigenvalue weighted by Gasteiger charge is 2.24. The van der Waals surface area contributed by atoms with Crippen molar-refractivity contribution >= 4 is 0 Å². The lowest BCUT2D eigenvalue weighted by atomic mass is 9.85. The van der Waals surface area contributed by atoms with Gasteiger partial charge in [0.2, 0.25) is 0 Å². The second-order valence-corrected chi connectivity index (χ2v) is 5.59. The number of likely N-dealkylation sites (N-methyl/N-ethyl adjacent to an activating group) is 1. The Kier molecular flexibility index (Phi) is 4.21. The Balaban J connectivity index is 1.82. The van der Waals surface area contributed by atoms with Crippen molar-refractivity contribution in [3.05, 3.63) is 18.0 Å². The fourth-order valence-corrected chi connectivity index (χ4v) is 2.97. The molecule has 1 aromatic heterocycles. The van der Waals surface area contributed by atoms with Crippen LogP contribution in [0.4, 0.5) is 0 Å². The molecule has 1 aromatic rings. The smallest absolute Gasteiger partial charge is 0.0536 e. The highest BCUT2D eigenvalue weighted by Crippen LogP contribution is 2.27. The van der Waals surface area contributed by atoms with Gasteiger partial charge in [-0.25, -0.2) is 0 Å². The van der Waals surface area contributed by atoms with E-state index in [1.807, 2.05) is 6.20 Å². The van der Waals surface area contributed by atoms with Crippen molar-refractivity contribution in [2.24, 2.45) is 5.92 Å². The summed E-state index contributed by atoms with van der Waals surface area (Å²) in [5.41, 5.74) is 1.25. The molecule has 2 atom stereocenters. The highest BCUT2D eigenvalue weighted by atomic mass is 15.3. The van der Waals surface area contributed by atoms with E-state index in [1.165, 1.54) is 31.2 Å². The van der Waals surface area contributed by atoms with E-state index < -0.39 is 0 Å². The zero-order valence-corrected chi connectivity index (χ0v) is 11.4. The van der Waals surface area contributed by atoms with E-state index in [1.54, 1.807) is 0 Å². The van der Waals surface area contributed by atoms with Crippen molar-refractivity contribution in [1.82, 2.24) is 14.7 Å². The summed E-state index contributed by atoms with van der Waals surface area (Å²) in [4.78, 5) is 2.53. The van der Waals surface area contributed by atoms with Gasteiger partial charge in [0, 0.05) is 18.8 Å². The van der Waals surface area contributed by atoms with Crippen molar-refractivity contribution in [2.75, 3.05) is 13.6 Å². The van der Waals surface area contributed by atoms with E-state index in [0.717, 1.165) is 25.0 Å². The summed E-state index contributed by atoms with van der Waals surface area (Å²) in [6.45, 7) is 6.61. The lowest BCUT2D eigenvalue weighted by Gasteiger charge is -2.36. The SMILES string of the molecule is Cc1cnn(CCN(C)[C@@H]2CCCC[C@H]2C)c1. The second kappa shape index (κ2) is 5.67. The zero-order valence-electron chi connectivity index (χ0n) is 11.4. The Morgan fingerprint density at radius 3 is 2.82 bits per heavy atom. The molecule has 0 spiro atoms. The molecule has 3 heteroatoms. The summed E-state index contributed by atoms with van der Waals surface area (Å²) < 4.78 is 2.05. The Bertz CT molecular complexity index is 345. The molecular weight excluding hydrogens is 210 g/mol. The first-order valence-corrected chi connectivity index (χ1v) is 6.86. The van der Waals surface area contributed by atoms with Gasteiger partial charge in [-0.15, -0.1) is 0 Å². The van der Waals surface area contributed by atoms with Gasteiger partial charge in [-0.1, -0.05) is 19.8 Å². The number of nitrogens with zero attached hydrogens (tertiary/aromatic N) is 3. The normalized spacial score (nSPS) is 25.4. The van der Waals surface area contributed by atoms with Gasteiger partial charge in [0.15, 0.2) is 0 Å². The Labute approximate surface area is 105 Å². The monoisotopic (exact) mass is 235 g/mol. The first kappa shape index (κ1) is 12.6. The molecule has 0 N–H and O–H groups in total. The van der Waals surface area contributed by atoms with Gasteiger partial charge >= 0.3 is 0 Å². The average molecular weight is 235 g/mol. The van der Waals surface area contributed by atoms with Crippen LogP contribution in [-0.2, 0) is 6.54 Å². The quantitative estimate of drug-likeness (QED) is 0.800. The van der Waals surface area contributed by atoms with Crippen LogP contribution >= 0.6 is 0 Å². The maximum Gasteiger partial charge on any atom is 0.0536 e.